The molecule has 2 rings (SSSR count). The van der Waals surface area contributed by atoms with Crippen LogP contribution in [0.15, 0.2) is 59.1 Å². The van der Waals surface area contributed by atoms with Gasteiger partial charge in [0, 0.05) is 23.1 Å². The quantitative estimate of drug-likeness (QED) is 0.295. The van der Waals surface area contributed by atoms with Crippen LogP contribution in [0.25, 0.3) is 6.08 Å². The van der Waals surface area contributed by atoms with Crippen molar-refractivity contribution < 1.29 is 9.53 Å². The van der Waals surface area contributed by atoms with Crippen LogP contribution in [0, 0.1) is 0 Å². The molecule has 0 aliphatic heterocycles. The Kier molecular flexibility index (Phi) is 10.4. The molecular formula is C24H30BrNO2. The highest BCUT2D eigenvalue weighted by Gasteiger charge is 2.02. The first-order valence-corrected chi connectivity index (χ1v) is 10.9. The van der Waals surface area contributed by atoms with Crippen LogP contribution in [-0.4, -0.2) is 19.1 Å². The first-order valence-electron chi connectivity index (χ1n) is 10.1. The van der Waals surface area contributed by atoms with Crippen molar-refractivity contribution in [1.82, 2.24) is 0 Å². The molecule has 150 valence electrons. The summed E-state index contributed by atoms with van der Waals surface area (Å²) in [6.45, 7) is 3.26. The number of anilines is 1. The van der Waals surface area contributed by atoms with E-state index in [1.165, 1.54) is 18.4 Å². The lowest BCUT2D eigenvalue weighted by molar-refractivity contribution is -0.143. The van der Waals surface area contributed by atoms with Crippen LogP contribution >= 0.6 is 15.9 Å². The maximum Gasteiger partial charge on any atom is 0.306 e. The Morgan fingerprint density at radius 1 is 1.11 bits per heavy atom. The summed E-state index contributed by atoms with van der Waals surface area (Å²) in [5, 5.41) is 3.47. The molecule has 0 spiro atoms. The smallest absolute Gasteiger partial charge is 0.306 e. The van der Waals surface area contributed by atoms with Gasteiger partial charge in [0.05, 0.1) is 6.61 Å². The van der Waals surface area contributed by atoms with Crippen molar-refractivity contribution in [1.29, 1.82) is 0 Å². The number of unbranched alkanes of at least 4 members (excludes halogenated alkanes) is 3. The van der Waals surface area contributed by atoms with E-state index in [-0.39, 0.29) is 5.97 Å². The number of halogens is 1. The van der Waals surface area contributed by atoms with E-state index in [1.54, 1.807) is 0 Å². The average Bonchev–Trinajstić information content (AvgIpc) is 2.69. The molecule has 1 N–H and O–H groups in total. The van der Waals surface area contributed by atoms with Gasteiger partial charge in [-0.25, -0.2) is 0 Å². The van der Waals surface area contributed by atoms with Crippen LogP contribution in [0.5, 0.6) is 0 Å². The summed E-state index contributed by atoms with van der Waals surface area (Å²) in [6.07, 6.45) is 10.3. The standard InChI is InChI=1S/C24H30BrNO2/c1-2-28-24(27)17-14-20-12-15-23(16-13-20)26-18-7-5-3-4-6-9-21-10-8-11-22(25)19-21/h6,8-13,15-16,19,26H,2-5,7,14,17-18H2,1H3/b9-6+. The molecule has 0 aliphatic rings. The van der Waals surface area contributed by atoms with Crippen LogP contribution in [0.3, 0.4) is 0 Å². The lowest BCUT2D eigenvalue weighted by Crippen LogP contribution is -2.05. The number of ether oxygens (including phenoxy) is 1. The first-order chi connectivity index (χ1) is 13.7. The fourth-order valence-corrected chi connectivity index (χ4v) is 3.31. The van der Waals surface area contributed by atoms with Gasteiger partial charge in [0.2, 0.25) is 0 Å². The Bertz CT molecular complexity index is 741. The van der Waals surface area contributed by atoms with E-state index >= 15 is 0 Å². The van der Waals surface area contributed by atoms with Gasteiger partial charge in [-0.1, -0.05) is 58.8 Å². The van der Waals surface area contributed by atoms with Crippen LogP contribution in [-0.2, 0) is 16.0 Å². The summed E-state index contributed by atoms with van der Waals surface area (Å²) in [7, 11) is 0. The molecule has 0 atom stereocenters. The van der Waals surface area contributed by atoms with Crippen molar-refractivity contribution in [3.63, 3.8) is 0 Å². The Labute approximate surface area is 177 Å². The lowest BCUT2D eigenvalue weighted by Gasteiger charge is -2.07. The number of nitrogens with one attached hydrogen (secondary N) is 1. The number of esters is 1. The summed E-state index contributed by atoms with van der Waals surface area (Å²) >= 11 is 3.50. The third-order valence-corrected chi connectivity index (χ3v) is 4.91. The third kappa shape index (κ3) is 9.23. The molecule has 0 saturated carbocycles. The highest BCUT2D eigenvalue weighted by molar-refractivity contribution is 9.10. The zero-order chi connectivity index (χ0) is 20.0. The minimum absolute atomic E-state index is 0.129. The van der Waals surface area contributed by atoms with Crippen molar-refractivity contribution in [3.05, 3.63) is 70.2 Å². The fraction of sp³-hybridized carbons (Fsp3) is 0.375. The molecule has 2 aromatic rings. The van der Waals surface area contributed by atoms with E-state index in [0.29, 0.717) is 13.0 Å². The molecular weight excluding hydrogens is 414 g/mol. The van der Waals surface area contributed by atoms with Gasteiger partial charge < -0.3 is 10.1 Å². The van der Waals surface area contributed by atoms with Gasteiger partial charge in [-0.2, -0.15) is 0 Å². The minimum Gasteiger partial charge on any atom is -0.466 e. The highest BCUT2D eigenvalue weighted by atomic mass is 79.9. The number of carbonyl (C=O) groups excluding carboxylic acids is 1. The Balaban J connectivity index is 1.55. The molecule has 0 bridgehead atoms. The number of benzene rings is 2. The van der Waals surface area contributed by atoms with Gasteiger partial charge in [-0.3, -0.25) is 4.79 Å². The van der Waals surface area contributed by atoms with E-state index in [4.69, 9.17) is 4.74 Å². The molecule has 4 heteroatoms. The normalized spacial score (nSPS) is 10.9. The molecule has 0 fully saturated rings. The molecule has 0 amide bonds. The maximum absolute atomic E-state index is 11.4. The molecule has 0 heterocycles. The number of hydrogen-bond donors (Lipinski definition) is 1. The van der Waals surface area contributed by atoms with Crippen LogP contribution in [0.4, 0.5) is 5.69 Å². The SMILES string of the molecule is CCOC(=O)CCc1ccc(NCCCCC/C=C/c2cccc(Br)c2)cc1. The van der Waals surface area contributed by atoms with Gasteiger partial charge in [-0.05, 0) is 68.0 Å². The van der Waals surface area contributed by atoms with Crippen molar-refractivity contribution in [2.24, 2.45) is 0 Å². The van der Waals surface area contributed by atoms with E-state index in [1.807, 2.05) is 13.0 Å². The van der Waals surface area contributed by atoms with E-state index < -0.39 is 0 Å². The Morgan fingerprint density at radius 3 is 2.68 bits per heavy atom. The second-order valence-electron chi connectivity index (χ2n) is 6.74. The van der Waals surface area contributed by atoms with Crippen molar-refractivity contribution >= 4 is 33.7 Å². The average molecular weight is 444 g/mol. The molecule has 0 saturated heterocycles. The number of hydrogen-bond acceptors (Lipinski definition) is 3. The molecule has 0 unspecified atom stereocenters. The second kappa shape index (κ2) is 13.2. The van der Waals surface area contributed by atoms with E-state index in [9.17, 15) is 4.79 Å². The second-order valence-corrected chi connectivity index (χ2v) is 7.65. The predicted molar refractivity (Wildman–Crippen MR) is 122 cm³/mol. The number of carbonyl (C=O) groups is 1. The van der Waals surface area contributed by atoms with E-state index in [0.717, 1.165) is 41.5 Å². The number of aryl methyl sites for hydroxylation is 1. The third-order valence-electron chi connectivity index (χ3n) is 4.41. The molecule has 3 nitrogen and oxygen atoms in total. The fourth-order valence-electron chi connectivity index (χ4n) is 2.90. The zero-order valence-electron chi connectivity index (χ0n) is 16.6. The first kappa shape index (κ1) is 22.2. The topological polar surface area (TPSA) is 38.3 Å². The summed E-state index contributed by atoms with van der Waals surface area (Å²) in [4.78, 5) is 11.4. The summed E-state index contributed by atoms with van der Waals surface area (Å²) in [5.74, 6) is -0.129. The van der Waals surface area contributed by atoms with Gasteiger partial charge >= 0.3 is 5.97 Å². The Hall–Kier alpha value is -2.07. The highest BCUT2D eigenvalue weighted by Crippen LogP contribution is 2.14. The monoisotopic (exact) mass is 443 g/mol. The van der Waals surface area contributed by atoms with Crippen LogP contribution in [0.1, 0.15) is 50.2 Å². The molecule has 2 aromatic carbocycles. The maximum atomic E-state index is 11.4. The molecule has 28 heavy (non-hydrogen) atoms. The van der Waals surface area contributed by atoms with Gasteiger partial charge in [0.1, 0.15) is 0 Å². The van der Waals surface area contributed by atoms with Gasteiger partial charge in [0.25, 0.3) is 0 Å². The van der Waals surface area contributed by atoms with Gasteiger partial charge in [0.15, 0.2) is 0 Å². The molecule has 0 aliphatic carbocycles. The largest absolute Gasteiger partial charge is 0.466 e. The summed E-state index contributed by atoms with van der Waals surface area (Å²) in [5.41, 5.74) is 3.53. The molecule has 0 radical (unpaired) electrons. The summed E-state index contributed by atoms with van der Waals surface area (Å²) in [6, 6.07) is 16.7. The lowest BCUT2D eigenvalue weighted by atomic mass is 10.1. The number of rotatable bonds is 12. The van der Waals surface area contributed by atoms with Crippen LogP contribution < -0.4 is 5.32 Å². The van der Waals surface area contributed by atoms with Gasteiger partial charge in [-0.15, -0.1) is 0 Å². The van der Waals surface area contributed by atoms with Crippen LogP contribution in [0.2, 0.25) is 0 Å². The zero-order valence-corrected chi connectivity index (χ0v) is 18.2. The van der Waals surface area contributed by atoms with Crippen molar-refractivity contribution in [3.8, 4) is 0 Å². The van der Waals surface area contributed by atoms with E-state index in [2.05, 4.69) is 75.9 Å². The number of allylic oxidation sites excluding steroid dienone is 1. The molecule has 0 aromatic heterocycles. The van der Waals surface area contributed by atoms with Crippen molar-refractivity contribution in [2.45, 2.75) is 45.4 Å². The Morgan fingerprint density at radius 2 is 1.93 bits per heavy atom. The predicted octanol–water partition coefficient (Wildman–Crippen LogP) is 6.63. The summed E-state index contributed by atoms with van der Waals surface area (Å²) < 4.78 is 6.08. The minimum atomic E-state index is -0.129. The van der Waals surface area contributed by atoms with Crippen molar-refractivity contribution in [2.75, 3.05) is 18.5 Å².